The summed E-state index contributed by atoms with van der Waals surface area (Å²) in [5, 5.41) is 4.92. The van der Waals surface area contributed by atoms with E-state index in [0.717, 1.165) is 18.2 Å². The summed E-state index contributed by atoms with van der Waals surface area (Å²) in [5.41, 5.74) is 5.96. The molecule has 2 aromatic carbocycles. The van der Waals surface area contributed by atoms with Crippen molar-refractivity contribution in [2.24, 2.45) is 5.73 Å². The van der Waals surface area contributed by atoms with Gasteiger partial charge in [0.25, 0.3) is 17.7 Å². The van der Waals surface area contributed by atoms with Crippen LogP contribution in [-0.2, 0) is 0 Å². The van der Waals surface area contributed by atoms with Crippen molar-refractivity contribution in [3.05, 3.63) is 77.4 Å². The summed E-state index contributed by atoms with van der Waals surface area (Å²) in [4.78, 5) is 39.7. The average molecular weight is 399 g/mol. The number of halogens is 2. The van der Waals surface area contributed by atoms with E-state index in [4.69, 9.17) is 5.73 Å². The quantitative estimate of drug-likeness (QED) is 0.607. The van der Waals surface area contributed by atoms with Crippen LogP contribution in [0.4, 0.5) is 14.5 Å². The largest absolute Gasteiger partial charge is 0.364 e. The number of aromatic nitrogens is 2. The van der Waals surface area contributed by atoms with E-state index in [-0.39, 0.29) is 17.0 Å². The Bertz CT molecular complexity index is 1110. The highest BCUT2D eigenvalue weighted by Gasteiger charge is 2.22. The number of anilines is 1. The lowest BCUT2D eigenvalue weighted by Gasteiger charge is -2.09. The van der Waals surface area contributed by atoms with Gasteiger partial charge in [-0.25, -0.2) is 13.8 Å². The Morgan fingerprint density at radius 2 is 1.69 bits per heavy atom. The van der Waals surface area contributed by atoms with Gasteiger partial charge >= 0.3 is 0 Å². The van der Waals surface area contributed by atoms with Crippen molar-refractivity contribution in [2.45, 2.75) is 0 Å². The Morgan fingerprint density at radius 1 is 1.00 bits per heavy atom. The van der Waals surface area contributed by atoms with E-state index in [1.54, 1.807) is 12.1 Å². The highest BCUT2D eigenvalue weighted by atomic mass is 19.2. The summed E-state index contributed by atoms with van der Waals surface area (Å²) >= 11 is 0. The van der Waals surface area contributed by atoms with E-state index >= 15 is 0 Å². The number of nitrogens with zero attached hydrogens (tertiary/aromatic N) is 2. The number of rotatable bonds is 5. The molecule has 29 heavy (non-hydrogen) atoms. The van der Waals surface area contributed by atoms with Crippen molar-refractivity contribution in [2.75, 3.05) is 12.4 Å². The zero-order chi connectivity index (χ0) is 21.1. The SMILES string of the molecule is CNC(=O)c1ncn(-c2ccc(NC(=O)c3ccc(F)c(F)c3)cc2)c1C(N)=O. The lowest BCUT2D eigenvalue weighted by atomic mass is 10.2. The number of nitrogens with one attached hydrogen (secondary N) is 2. The number of carbonyl (C=O) groups excluding carboxylic acids is 3. The molecule has 4 N–H and O–H groups in total. The van der Waals surface area contributed by atoms with Gasteiger partial charge in [0.05, 0.1) is 0 Å². The van der Waals surface area contributed by atoms with E-state index in [9.17, 15) is 23.2 Å². The first-order valence-corrected chi connectivity index (χ1v) is 8.28. The molecule has 3 aromatic rings. The number of hydrogen-bond donors (Lipinski definition) is 3. The maximum absolute atomic E-state index is 13.3. The van der Waals surface area contributed by atoms with Gasteiger partial charge in [-0.15, -0.1) is 0 Å². The molecule has 0 bridgehead atoms. The number of hydrogen-bond acceptors (Lipinski definition) is 4. The molecule has 3 rings (SSSR count). The lowest BCUT2D eigenvalue weighted by Crippen LogP contribution is -2.25. The van der Waals surface area contributed by atoms with Gasteiger partial charge in [-0.3, -0.25) is 19.0 Å². The van der Waals surface area contributed by atoms with Gasteiger partial charge in [0.15, 0.2) is 17.3 Å². The molecule has 1 aromatic heterocycles. The van der Waals surface area contributed by atoms with Crippen LogP contribution in [-0.4, -0.2) is 34.3 Å². The number of amides is 3. The molecular weight excluding hydrogens is 384 g/mol. The van der Waals surface area contributed by atoms with Crippen LogP contribution in [0.25, 0.3) is 5.69 Å². The molecule has 0 aliphatic carbocycles. The maximum atomic E-state index is 13.3. The van der Waals surface area contributed by atoms with E-state index in [2.05, 4.69) is 15.6 Å². The Labute approximate surface area is 163 Å². The predicted octanol–water partition coefficient (Wildman–Crippen LogP) is 1.86. The second kappa shape index (κ2) is 7.89. The van der Waals surface area contributed by atoms with Gasteiger partial charge in [-0.1, -0.05) is 0 Å². The number of primary amides is 1. The minimum Gasteiger partial charge on any atom is -0.364 e. The highest BCUT2D eigenvalue weighted by molar-refractivity contribution is 6.05. The number of benzene rings is 2. The van der Waals surface area contributed by atoms with Crippen molar-refractivity contribution < 1.29 is 23.2 Å². The van der Waals surface area contributed by atoms with Crippen LogP contribution in [0.3, 0.4) is 0 Å². The molecule has 10 heteroatoms. The van der Waals surface area contributed by atoms with E-state index < -0.39 is 29.4 Å². The molecule has 0 aliphatic rings. The van der Waals surface area contributed by atoms with Crippen LogP contribution < -0.4 is 16.4 Å². The minimum atomic E-state index is -1.13. The van der Waals surface area contributed by atoms with Gasteiger partial charge in [0, 0.05) is 24.0 Å². The molecule has 3 amide bonds. The van der Waals surface area contributed by atoms with Crippen molar-refractivity contribution in [3.8, 4) is 5.69 Å². The third-order valence-corrected chi connectivity index (χ3v) is 4.03. The summed E-state index contributed by atoms with van der Waals surface area (Å²) in [7, 11) is 1.40. The molecule has 0 fully saturated rings. The fourth-order valence-electron chi connectivity index (χ4n) is 2.61. The summed E-state index contributed by atoms with van der Waals surface area (Å²) in [5.74, 6) is -4.20. The molecule has 0 unspecified atom stereocenters. The van der Waals surface area contributed by atoms with E-state index in [1.165, 1.54) is 30.1 Å². The first kappa shape index (κ1) is 19.7. The van der Waals surface area contributed by atoms with Crippen molar-refractivity contribution in [3.63, 3.8) is 0 Å². The smallest absolute Gasteiger partial charge is 0.272 e. The fourth-order valence-corrected chi connectivity index (χ4v) is 2.61. The monoisotopic (exact) mass is 399 g/mol. The van der Waals surface area contributed by atoms with Gasteiger partial charge in [-0.2, -0.15) is 0 Å². The molecule has 148 valence electrons. The molecule has 8 nitrogen and oxygen atoms in total. The number of imidazole rings is 1. The zero-order valence-corrected chi connectivity index (χ0v) is 15.1. The Kier molecular flexibility index (Phi) is 5.35. The highest BCUT2D eigenvalue weighted by Crippen LogP contribution is 2.19. The normalized spacial score (nSPS) is 10.4. The molecule has 0 spiro atoms. The Morgan fingerprint density at radius 3 is 2.28 bits per heavy atom. The second-order valence-electron chi connectivity index (χ2n) is 5.89. The van der Waals surface area contributed by atoms with Gasteiger partial charge in [0.2, 0.25) is 0 Å². The van der Waals surface area contributed by atoms with E-state index in [0.29, 0.717) is 11.4 Å². The Hall–Kier alpha value is -4.08. The van der Waals surface area contributed by atoms with Crippen LogP contribution in [0, 0.1) is 11.6 Å². The summed E-state index contributed by atoms with van der Waals surface area (Å²) < 4.78 is 27.6. The molecule has 0 aliphatic heterocycles. The average Bonchev–Trinajstić information content (AvgIpc) is 3.15. The molecule has 1 heterocycles. The van der Waals surface area contributed by atoms with Crippen LogP contribution in [0.15, 0.2) is 48.8 Å². The van der Waals surface area contributed by atoms with Gasteiger partial charge < -0.3 is 16.4 Å². The first-order valence-electron chi connectivity index (χ1n) is 8.28. The van der Waals surface area contributed by atoms with Crippen molar-refractivity contribution in [1.82, 2.24) is 14.9 Å². The summed E-state index contributed by atoms with van der Waals surface area (Å²) in [6, 6.07) is 8.99. The number of carbonyl (C=O) groups is 3. The minimum absolute atomic E-state index is 0.0474. The van der Waals surface area contributed by atoms with Crippen LogP contribution in [0.1, 0.15) is 31.3 Å². The zero-order valence-electron chi connectivity index (χ0n) is 15.1. The fraction of sp³-hybridized carbons (Fsp3) is 0.0526. The van der Waals surface area contributed by atoms with Crippen LogP contribution >= 0.6 is 0 Å². The molecule has 0 saturated heterocycles. The van der Waals surface area contributed by atoms with Crippen molar-refractivity contribution >= 4 is 23.4 Å². The summed E-state index contributed by atoms with van der Waals surface area (Å²) in [6.07, 6.45) is 1.28. The topological polar surface area (TPSA) is 119 Å². The number of nitrogens with two attached hydrogens (primary N) is 1. The lowest BCUT2D eigenvalue weighted by molar-refractivity contribution is 0.0937. The van der Waals surface area contributed by atoms with Crippen LogP contribution in [0.5, 0.6) is 0 Å². The molecule has 0 atom stereocenters. The van der Waals surface area contributed by atoms with E-state index in [1.807, 2.05) is 0 Å². The molecule has 0 saturated carbocycles. The van der Waals surface area contributed by atoms with Crippen LogP contribution in [0.2, 0.25) is 0 Å². The second-order valence-corrected chi connectivity index (χ2v) is 5.89. The van der Waals surface area contributed by atoms with Gasteiger partial charge in [0.1, 0.15) is 12.0 Å². The maximum Gasteiger partial charge on any atom is 0.272 e. The summed E-state index contributed by atoms with van der Waals surface area (Å²) in [6.45, 7) is 0. The molecule has 0 radical (unpaired) electrons. The van der Waals surface area contributed by atoms with Gasteiger partial charge in [-0.05, 0) is 42.5 Å². The standard InChI is InChI=1S/C19H15F2N5O3/c1-23-19(29)15-16(17(22)27)26(9-24-15)12-5-3-11(4-6-12)25-18(28)10-2-7-13(20)14(21)8-10/h2-9H,1H3,(H2,22,27)(H,23,29)(H,25,28). The predicted molar refractivity (Wildman–Crippen MR) is 99.8 cm³/mol. The van der Waals surface area contributed by atoms with Crippen molar-refractivity contribution in [1.29, 1.82) is 0 Å². The first-order chi connectivity index (χ1) is 13.8. The third kappa shape index (κ3) is 3.95. The molecular formula is C19H15F2N5O3. The third-order valence-electron chi connectivity index (χ3n) is 4.03. The Balaban J connectivity index is 1.84.